The minimum Gasteiger partial charge on any atom is -0.495 e. The normalized spacial score (nSPS) is 18.3. The van der Waals surface area contributed by atoms with E-state index in [-0.39, 0.29) is 48.9 Å². The van der Waals surface area contributed by atoms with Crippen LogP contribution in [0, 0.1) is 0 Å². The molecule has 4 N–H and O–H groups in total. The van der Waals surface area contributed by atoms with Gasteiger partial charge in [-0.25, -0.2) is 4.98 Å². The summed E-state index contributed by atoms with van der Waals surface area (Å²) in [5.74, 6) is -0.396. The van der Waals surface area contributed by atoms with Crippen LogP contribution in [0.5, 0.6) is 5.75 Å². The van der Waals surface area contributed by atoms with Crippen molar-refractivity contribution in [3.05, 3.63) is 64.3 Å². The number of methoxy groups -OCH3 is 1. The van der Waals surface area contributed by atoms with E-state index in [0.717, 1.165) is 36.8 Å². The van der Waals surface area contributed by atoms with E-state index < -0.39 is 25.2 Å². The molecule has 0 unspecified atom stereocenters. The Morgan fingerprint density at radius 2 is 1.72 bits per heavy atom. The molecule has 2 aliphatic rings. The van der Waals surface area contributed by atoms with Crippen LogP contribution < -0.4 is 21.1 Å². The highest BCUT2D eigenvalue weighted by atomic mass is 31.2. The average Bonchev–Trinajstić information content (AvgIpc) is 3.32. The number of nitrogens with two attached hydrogens (primary N) is 1. The van der Waals surface area contributed by atoms with Crippen LogP contribution in [0.15, 0.2) is 36.5 Å². The molecule has 1 aliphatic heterocycles. The van der Waals surface area contributed by atoms with Gasteiger partial charge >= 0.3 is 13.8 Å². The maximum absolute atomic E-state index is 14.2. The van der Waals surface area contributed by atoms with E-state index in [2.05, 4.69) is 20.6 Å². The Kier molecular flexibility index (Phi) is 10.4. The smallest absolute Gasteiger partial charge is 0.421 e. The quantitative estimate of drug-likeness (QED) is 0.167. The van der Waals surface area contributed by atoms with Gasteiger partial charge in [-0.1, -0.05) is 12.1 Å². The molecule has 2 aromatic carbocycles. The summed E-state index contributed by atoms with van der Waals surface area (Å²) < 4.78 is 71.8. The maximum Gasteiger partial charge on any atom is 0.421 e. The van der Waals surface area contributed by atoms with Crippen molar-refractivity contribution in [1.82, 2.24) is 14.9 Å². The molecule has 0 saturated heterocycles. The van der Waals surface area contributed by atoms with Crippen molar-refractivity contribution < 1.29 is 36.3 Å². The Labute approximate surface area is 271 Å². The second-order valence-electron chi connectivity index (χ2n) is 11.7. The number of amides is 1. The SMILES string of the molecule is CCOP(=O)(Cc1ccc(Nc2ncc(C(F)(F)F)c(Nc3ccc([C@H]4CC[C@@H](N)CC4)c4c3C(=O)N(C)C4)n2)c(OC)c1)OCC. The Bertz CT molecular complexity index is 1650. The number of aromatic nitrogens is 2. The fourth-order valence-corrected chi connectivity index (χ4v) is 7.86. The lowest BCUT2D eigenvalue weighted by Crippen LogP contribution is -2.26. The largest absolute Gasteiger partial charge is 0.495 e. The summed E-state index contributed by atoms with van der Waals surface area (Å²) >= 11 is 0. The van der Waals surface area contributed by atoms with Crippen LogP contribution in [-0.2, 0) is 32.5 Å². The Hall–Kier alpha value is -3.71. The third-order valence-corrected chi connectivity index (χ3v) is 10.5. The summed E-state index contributed by atoms with van der Waals surface area (Å²) in [4.78, 5) is 23.0. The second kappa shape index (κ2) is 14.2. The van der Waals surface area contributed by atoms with Crippen molar-refractivity contribution in [2.45, 2.75) is 70.4 Å². The molecule has 5 rings (SSSR count). The Balaban J connectivity index is 1.46. The first-order chi connectivity index (χ1) is 22.4. The van der Waals surface area contributed by atoms with Crippen LogP contribution in [0.1, 0.15) is 78.1 Å². The monoisotopic (exact) mass is 676 g/mol. The number of nitrogens with one attached hydrogen (secondary N) is 2. The lowest BCUT2D eigenvalue weighted by molar-refractivity contribution is -0.137. The predicted molar refractivity (Wildman–Crippen MR) is 173 cm³/mol. The van der Waals surface area contributed by atoms with Crippen molar-refractivity contribution in [3.63, 3.8) is 0 Å². The molecule has 0 bridgehead atoms. The molecule has 1 saturated carbocycles. The van der Waals surface area contributed by atoms with Crippen molar-refractivity contribution in [3.8, 4) is 5.75 Å². The van der Waals surface area contributed by atoms with E-state index >= 15 is 0 Å². The summed E-state index contributed by atoms with van der Waals surface area (Å²) in [5, 5.41) is 5.73. The number of hydrogen-bond acceptors (Lipinski definition) is 10. The molecule has 11 nitrogen and oxygen atoms in total. The molecule has 47 heavy (non-hydrogen) atoms. The van der Waals surface area contributed by atoms with Crippen LogP contribution in [0.4, 0.5) is 36.3 Å². The number of fused-ring (bicyclic) bond motifs is 1. The second-order valence-corrected chi connectivity index (χ2v) is 13.7. The Morgan fingerprint density at radius 1 is 1.04 bits per heavy atom. The zero-order chi connectivity index (χ0) is 33.9. The van der Waals surface area contributed by atoms with Crippen molar-refractivity contribution >= 4 is 36.6 Å². The van der Waals surface area contributed by atoms with Gasteiger partial charge < -0.3 is 35.1 Å². The molecular weight excluding hydrogens is 636 g/mol. The van der Waals surface area contributed by atoms with Gasteiger partial charge in [0.25, 0.3) is 5.91 Å². The van der Waals surface area contributed by atoms with Crippen molar-refractivity contribution in [2.24, 2.45) is 5.73 Å². The number of ether oxygens (including phenoxy) is 1. The topological polar surface area (TPSA) is 141 Å². The number of rotatable bonds is 12. The molecule has 1 amide bonds. The number of carbonyl (C=O) groups excluding carboxylic acids is 1. The fraction of sp³-hybridized carbons (Fsp3) is 0.469. The molecule has 0 atom stereocenters. The molecule has 0 spiro atoms. The van der Waals surface area contributed by atoms with Gasteiger partial charge in [-0.05, 0) is 80.3 Å². The summed E-state index contributed by atoms with van der Waals surface area (Å²) in [6, 6.07) is 8.62. The molecule has 254 valence electrons. The van der Waals surface area contributed by atoms with Gasteiger partial charge in [0.15, 0.2) is 0 Å². The highest BCUT2D eigenvalue weighted by molar-refractivity contribution is 7.53. The first kappa shape index (κ1) is 34.6. The van der Waals surface area contributed by atoms with Crippen LogP contribution in [0.3, 0.4) is 0 Å². The minimum absolute atomic E-state index is 0.00146. The van der Waals surface area contributed by atoms with E-state index in [1.807, 2.05) is 6.07 Å². The standard InChI is InChI=1S/C32H40F3N6O5P/c1-5-45-47(43,46-6-2)18-19-7-13-25(27(15-19)44-4)39-31-37-16-24(32(33,34)35)29(40-31)38-26-14-12-22(20-8-10-21(36)11-9-20)23-17-41(3)30(42)28(23)26/h7,12-16,20-21H,5-6,8-11,17-18,36H2,1-4H3,(H2,37,38,39,40)/t20-,21+. The summed E-state index contributed by atoms with van der Waals surface area (Å²) in [6.07, 6.45) is -0.553. The first-order valence-corrected chi connectivity index (χ1v) is 17.3. The number of carbonyl (C=O) groups is 1. The number of nitrogens with zero attached hydrogens (tertiary/aromatic N) is 3. The van der Waals surface area contributed by atoms with Crippen LogP contribution in [0.2, 0.25) is 0 Å². The highest BCUT2D eigenvalue weighted by Gasteiger charge is 2.37. The van der Waals surface area contributed by atoms with Gasteiger partial charge in [0, 0.05) is 25.8 Å². The van der Waals surface area contributed by atoms with E-state index in [9.17, 15) is 22.5 Å². The van der Waals surface area contributed by atoms with Crippen LogP contribution >= 0.6 is 7.60 Å². The lowest BCUT2D eigenvalue weighted by Gasteiger charge is -2.28. The van der Waals surface area contributed by atoms with E-state index in [1.165, 1.54) is 7.11 Å². The summed E-state index contributed by atoms with van der Waals surface area (Å²) in [5.41, 5.74) is 8.40. The zero-order valence-electron chi connectivity index (χ0n) is 26.8. The van der Waals surface area contributed by atoms with Crippen LogP contribution in [-0.4, -0.2) is 54.2 Å². The third-order valence-electron chi connectivity index (χ3n) is 8.40. The number of benzene rings is 2. The number of anilines is 4. The summed E-state index contributed by atoms with van der Waals surface area (Å²) in [6.45, 7) is 4.23. The first-order valence-electron chi connectivity index (χ1n) is 15.6. The minimum atomic E-state index is -4.78. The predicted octanol–water partition coefficient (Wildman–Crippen LogP) is 7.33. The highest BCUT2D eigenvalue weighted by Crippen LogP contribution is 2.52. The lowest BCUT2D eigenvalue weighted by atomic mass is 9.79. The van der Waals surface area contributed by atoms with E-state index in [1.54, 1.807) is 50.1 Å². The molecule has 2 heterocycles. The summed E-state index contributed by atoms with van der Waals surface area (Å²) in [7, 11) is -0.292. The average molecular weight is 677 g/mol. The molecule has 1 aromatic heterocycles. The molecular formula is C32H40F3N6O5P. The molecule has 3 aromatic rings. The zero-order valence-corrected chi connectivity index (χ0v) is 27.7. The van der Waals surface area contributed by atoms with Gasteiger partial charge in [-0.3, -0.25) is 9.36 Å². The molecule has 0 radical (unpaired) electrons. The van der Waals surface area contributed by atoms with E-state index in [4.69, 9.17) is 19.5 Å². The fourth-order valence-electron chi connectivity index (χ4n) is 6.17. The van der Waals surface area contributed by atoms with Gasteiger partial charge in [0.05, 0.1) is 43.4 Å². The number of halogens is 3. The Morgan fingerprint density at radius 3 is 2.36 bits per heavy atom. The third kappa shape index (κ3) is 7.72. The molecule has 15 heteroatoms. The number of hydrogen-bond donors (Lipinski definition) is 3. The molecule has 1 fully saturated rings. The van der Waals surface area contributed by atoms with Crippen molar-refractivity contribution in [1.29, 1.82) is 0 Å². The molecule has 1 aliphatic carbocycles. The maximum atomic E-state index is 14.2. The number of alkyl halides is 3. The van der Waals surface area contributed by atoms with Crippen molar-refractivity contribution in [2.75, 3.05) is 38.0 Å². The van der Waals surface area contributed by atoms with Crippen LogP contribution in [0.25, 0.3) is 0 Å². The van der Waals surface area contributed by atoms with Gasteiger partial charge in [-0.15, -0.1) is 0 Å². The van der Waals surface area contributed by atoms with E-state index in [0.29, 0.717) is 35.3 Å². The van der Waals surface area contributed by atoms with Gasteiger partial charge in [-0.2, -0.15) is 18.2 Å². The van der Waals surface area contributed by atoms with Gasteiger partial charge in [0.2, 0.25) is 5.95 Å². The van der Waals surface area contributed by atoms with Gasteiger partial charge in [0.1, 0.15) is 17.1 Å².